The van der Waals surface area contributed by atoms with Crippen LogP contribution < -0.4 is 9.47 Å². The summed E-state index contributed by atoms with van der Waals surface area (Å²) in [5.74, 6) is 1.57. The van der Waals surface area contributed by atoms with E-state index < -0.39 is 0 Å². The fraction of sp³-hybridized carbons (Fsp3) is 0.588. The van der Waals surface area contributed by atoms with Crippen LogP contribution in [0.1, 0.15) is 40.5 Å². The van der Waals surface area contributed by atoms with E-state index in [1.54, 1.807) is 0 Å². The number of carbonyl (C=O) groups is 1. The Hall–Kier alpha value is -1.71. The van der Waals surface area contributed by atoms with Crippen LogP contribution in [0.15, 0.2) is 24.3 Å². The lowest BCUT2D eigenvalue weighted by Crippen LogP contribution is -2.15. The Labute approximate surface area is 127 Å². The van der Waals surface area contributed by atoms with Crippen molar-refractivity contribution in [1.82, 2.24) is 0 Å². The van der Waals surface area contributed by atoms with Gasteiger partial charge in [0.05, 0.1) is 25.7 Å². The van der Waals surface area contributed by atoms with Gasteiger partial charge in [0.25, 0.3) is 0 Å². The molecule has 0 bridgehead atoms. The van der Waals surface area contributed by atoms with Crippen molar-refractivity contribution in [2.24, 2.45) is 5.92 Å². The van der Waals surface area contributed by atoms with Crippen molar-refractivity contribution >= 4 is 5.97 Å². The molecule has 0 aliphatic heterocycles. The van der Waals surface area contributed by atoms with E-state index in [9.17, 15) is 4.79 Å². The van der Waals surface area contributed by atoms with Gasteiger partial charge in [0.15, 0.2) is 0 Å². The van der Waals surface area contributed by atoms with Crippen LogP contribution in [0.2, 0.25) is 0 Å². The molecule has 1 rings (SSSR count). The van der Waals surface area contributed by atoms with Crippen LogP contribution in [0.3, 0.4) is 0 Å². The molecule has 2 unspecified atom stereocenters. The van der Waals surface area contributed by atoms with Crippen molar-refractivity contribution in [1.29, 1.82) is 0 Å². The predicted molar refractivity (Wildman–Crippen MR) is 82.7 cm³/mol. The van der Waals surface area contributed by atoms with Gasteiger partial charge in [-0.2, -0.15) is 0 Å². The maximum Gasteiger partial charge on any atom is 0.306 e. The van der Waals surface area contributed by atoms with E-state index in [4.69, 9.17) is 14.2 Å². The van der Waals surface area contributed by atoms with E-state index in [0.29, 0.717) is 19.6 Å². The van der Waals surface area contributed by atoms with Crippen molar-refractivity contribution in [2.75, 3.05) is 13.2 Å². The summed E-state index contributed by atoms with van der Waals surface area (Å²) in [6.07, 6.45) is 1.56. The average molecular weight is 294 g/mol. The van der Waals surface area contributed by atoms with Crippen molar-refractivity contribution < 1.29 is 19.0 Å². The summed E-state index contributed by atoms with van der Waals surface area (Å²) in [6, 6.07) is 7.57. The molecular weight excluding hydrogens is 268 g/mol. The van der Waals surface area contributed by atoms with Crippen LogP contribution >= 0.6 is 0 Å². The fourth-order valence-electron chi connectivity index (χ4n) is 1.73. The molecule has 0 aromatic heterocycles. The van der Waals surface area contributed by atoms with E-state index in [1.807, 2.05) is 45.0 Å². The minimum atomic E-state index is -0.175. The zero-order valence-electron chi connectivity index (χ0n) is 13.4. The molecule has 4 nitrogen and oxygen atoms in total. The van der Waals surface area contributed by atoms with Gasteiger partial charge in [-0.25, -0.2) is 0 Å². The molecule has 0 saturated carbocycles. The molecule has 2 atom stereocenters. The second-order valence-electron chi connectivity index (χ2n) is 5.23. The van der Waals surface area contributed by atoms with Gasteiger partial charge in [-0.3, -0.25) is 4.79 Å². The predicted octanol–water partition coefficient (Wildman–Crippen LogP) is 3.83. The number of benzene rings is 1. The molecule has 1 aromatic rings. The van der Waals surface area contributed by atoms with Gasteiger partial charge >= 0.3 is 5.97 Å². The molecule has 1 aromatic carbocycles. The lowest BCUT2D eigenvalue weighted by molar-refractivity contribution is -0.144. The first-order chi connectivity index (χ1) is 10.0. The van der Waals surface area contributed by atoms with Crippen molar-refractivity contribution in [3.8, 4) is 11.5 Å². The van der Waals surface area contributed by atoms with Gasteiger partial charge in [-0.1, -0.05) is 13.8 Å². The largest absolute Gasteiger partial charge is 0.493 e. The smallest absolute Gasteiger partial charge is 0.306 e. The van der Waals surface area contributed by atoms with Gasteiger partial charge in [-0.15, -0.1) is 0 Å². The van der Waals surface area contributed by atoms with Crippen molar-refractivity contribution in [3.63, 3.8) is 0 Å². The first kappa shape index (κ1) is 17.3. The normalized spacial score (nSPS) is 13.3. The lowest BCUT2D eigenvalue weighted by atomic mass is 10.1. The lowest BCUT2D eigenvalue weighted by Gasteiger charge is -2.14. The Balaban J connectivity index is 2.36. The average Bonchev–Trinajstić information content (AvgIpc) is 2.46. The third-order valence-electron chi connectivity index (χ3n) is 3.09. The summed E-state index contributed by atoms with van der Waals surface area (Å²) in [5, 5.41) is 0. The summed E-state index contributed by atoms with van der Waals surface area (Å²) in [7, 11) is 0. The number of rotatable bonds is 9. The van der Waals surface area contributed by atoms with Gasteiger partial charge in [-0.05, 0) is 44.5 Å². The maximum atomic E-state index is 11.3. The highest BCUT2D eigenvalue weighted by molar-refractivity contribution is 5.69. The van der Waals surface area contributed by atoms with Crippen LogP contribution in [0.4, 0.5) is 0 Å². The van der Waals surface area contributed by atoms with Crippen LogP contribution in [0.5, 0.6) is 11.5 Å². The van der Waals surface area contributed by atoms with Gasteiger partial charge in [0.2, 0.25) is 0 Å². The molecule has 0 aliphatic carbocycles. The minimum Gasteiger partial charge on any atom is -0.493 e. The highest BCUT2D eigenvalue weighted by atomic mass is 16.5. The molecule has 0 N–H and O–H groups in total. The Kier molecular flexibility index (Phi) is 7.65. The standard InChI is InChI=1S/C17H26O4/c1-5-14(4)21-16-9-7-15(8-10-16)20-12-13(3)11-17(18)19-6-2/h7-10,13-14H,5-6,11-12H2,1-4H3. The highest BCUT2D eigenvalue weighted by Crippen LogP contribution is 2.20. The number of hydrogen-bond donors (Lipinski definition) is 0. The third-order valence-corrected chi connectivity index (χ3v) is 3.09. The molecule has 0 saturated heterocycles. The number of ether oxygens (including phenoxy) is 3. The molecule has 0 aliphatic rings. The number of esters is 1. The molecule has 0 fully saturated rings. The second kappa shape index (κ2) is 9.27. The zero-order valence-corrected chi connectivity index (χ0v) is 13.4. The summed E-state index contributed by atoms with van der Waals surface area (Å²) in [5.41, 5.74) is 0. The first-order valence-corrected chi connectivity index (χ1v) is 7.60. The molecule has 21 heavy (non-hydrogen) atoms. The van der Waals surface area contributed by atoms with Gasteiger partial charge < -0.3 is 14.2 Å². The van der Waals surface area contributed by atoms with E-state index in [2.05, 4.69) is 6.92 Å². The first-order valence-electron chi connectivity index (χ1n) is 7.60. The SMILES string of the molecule is CCOC(=O)CC(C)COc1ccc(OC(C)CC)cc1. The molecule has 118 valence electrons. The minimum absolute atomic E-state index is 0.125. The molecule has 0 heterocycles. The Morgan fingerprint density at radius 2 is 1.71 bits per heavy atom. The van der Waals surface area contributed by atoms with Crippen LogP contribution in [0, 0.1) is 5.92 Å². The highest BCUT2D eigenvalue weighted by Gasteiger charge is 2.10. The summed E-state index contributed by atoms with van der Waals surface area (Å²) < 4.78 is 16.3. The Morgan fingerprint density at radius 1 is 1.10 bits per heavy atom. The summed E-state index contributed by atoms with van der Waals surface area (Å²) >= 11 is 0. The molecule has 0 radical (unpaired) electrons. The van der Waals surface area contributed by atoms with Crippen molar-refractivity contribution in [2.45, 2.75) is 46.6 Å². The molecule has 0 spiro atoms. The van der Waals surface area contributed by atoms with Crippen LogP contribution in [0.25, 0.3) is 0 Å². The van der Waals surface area contributed by atoms with E-state index in [1.165, 1.54) is 0 Å². The molecule has 0 amide bonds. The topological polar surface area (TPSA) is 44.8 Å². The van der Waals surface area contributed by atoms with Crippen LogP contribution in [-0.4, -0.2) is 25.3 Å². The summed E-state index contributed by atoms with van der Waals surface area (Å²) in [4.78, 5) is 11.3. The quantitative estimate of drug-likeness (QED) is 0.649. The maximum absolute atomic E-state index is 11.3. The molecule has 4 heteroatoms. The number of carbonyl (C=O) groups excluding carboxylic acids is 1. The zero-order chi connectivity index (χ0) is 15.7. The Morgan fingerprint density at radius 3 is 2.29 bits per heavy atom. The van der Waals surface area contributed by atoms with E-state index in [-0.39, 0.29) is 18.0 Å². The van der Waals surface area contributed by atoms with Crippen molar-refractivity contribution in [3.05, 3.63) is 24.3 Å². The van der Waals surface area contributed by atoms with Crippen LogP contribution in [-0.2, 0) is 9.53 Å². The number of hydrogen-bond acceptors (Lipinski definition) is 4. The second-order valence-corrected chi connectivity index (χ2v) is 5.23. The van der Waals surface area contributed by atoms with E-state index >= 15 is 0 Å². The Bertz CT molecular complexity index is 413. The third kappa shape index (κ3) is 7.02. The van der Waals surface area contributed by atoms with Gasteiger partial charge in [0.1, 0.15) is 11.5 Å². The summed E-state index contributed by atoms with van der Waals surface area (Å²) in [6.45, 7) is 8.82. The molecular formula is C17H26O4. The monoisotopic (exact) mass is 294 g/mol. The van der Waals surface area contributed by atoms with E-state index in [0.717, 1.165) is 17.9 Å². The van der Waals surface area contributed by atoms with Gasteiger partial charge in [0, 0.05) is 5.92 Å². The fourth-order valence-corrected chi connectivity index (χ4v) is 1.73.